The van der Waals surface area contributed by atoms with Crippen molar-refractivity contribution >= 4 is 28.9 Å². The lowest BCUT2D eigenvalue weighted by Gasteiger charge is -2.13. The number of anilines is 1. The molecule has 1 aromatic carbocycles. The van der Waals surface area contributed by atoms with Crippen LogP contribution in [0, 0.1) is 12.7 Å². The number of para-hydroxylation sites is 1. The van der Waals surface area contributed by atoms with Gasteiger partial charge in [0.05, 0.1) is 12.0 Å². The van der Waals surface area contributed by atoms with Gasteiger partial charge < -0.3 is 14.5 Å². The van der Waals surface area contributed by atoms with Crippen LogP contribution < -0.4 is 5.32 Å². The summed E-state index contributed by atoms with van der Waals surface area (Å²) in [4.78, 5) is 29.3. The number of rotatable bonds is 5. The largest absolute Gasteiger partial charge is 0.462 e. The van der Waals surface area contributed by atoms with Crippen molar-refractivity contribution in [1.29, 1.82) is 0 Å². The molecule has 6 nitrogen and oxygen atoms in total. The summed E-state index contributed by atoms with van der Waals surface area (Å²) >= 11 is 1.28. The maximum atomic E-state index is 13.6. The summed E-state index contributed by atoms with van der Waals surface area (Å²) in [5.74, 6) is -1.39. The van der Waals surface area contributed by atoms with Gasteiger partial charge in [-0.15, -0.1) is 11.3 Å². The highest BCUT2D eigenvalue weighted by atomic mass is 32.1. The number of amides is 1. The minimum atomic E-state index is -1.12. The summed E-state index contributed by atoms with van der Waals surface area (Å²) in [6.45, 7) is 3.13. The first-order valence-corrected chi connectivity index (χ1v) is 8.55. The Morgan fingerprint density at radius 2 is 2.04 bits per heavy atom. The molecule has 1 N–H and O–H groups in total. The average Bonchev–Trinajstić information content (AvgIpc) is 3.26. The Morgan fingerprint density at radius 3 is 2.73 bits per heavy atom. The molecule has 0 fully saturated rings. The van der Waals surface area contributed by atoms with Gasteiger partial charge >= 0.3 is 5.97 Å². The summed E-state index contributed by atoms with van der Waals surface area (Å²) in [6.07, 6.45) is 0.398. The molecule has 2 aromatic heterocycles. The van der Waals surface area contributed by atoms with Crippen molar-refractivity contribution in [2.45, 2.75) is 20.0 Å². The highest BCUT2D eigenvalue weighted by Crippen LogP contribution is 2.28. The molecule has 0 radical (unpaired) electrons. The van der Waals surface area contributed by atoms with Gasteiger partial charge in [0.1, 0.15) is 5.82 Å². The third kappa shape index (κ3) is 3.80. The van der Waals surface area contributed by atoms with Crippen molar-refractivity contribution in [3.05, 3.63) is 59.0 Å². The lowest BCUT2D eigenvalue weighted by molar-refractivity contribution is -0.123. The van der Waals surface area contributed by atoms with Crippen LogP contribution in [0.5, 0.6) is 0 Å². The highest BCUT2D eigenvalue weighted by molar-refractivity contribution is 7.15. The molecule has 1 atom stereocenters. The average molecular weight is 374 g/mol. The summed E-state index contributed by atoms with van der Waals surface area (Å²) in [5, 5.41) is 2.93. The summed E-state index contributed by atoms with van der Waals surface area (Å²) < 4.78 is 24.0. The van der Waals surface area contributed by atoms with E-state index in [-0.39, 0.29) is 11.4 Å². The Labute approximate surface area is 152 Å². The zero-order valence-electron chi connectivity index (χ0n) is 14.0. The number of thiazole rings is 1. The molecule has 0 aliphatic carbocycles. The fourth-order valence-electron chi connectivity index (χ4n) is 2.16. The monoisotopic (exact) mass is 374 g/mol. The first kappa shape index (κ1) is 17.8. The van der Waals surface area contributed by atoms with Gasteiger partial charge in [-0.3, -0.25) is 4.79 Å². The minimum Gasteiger partial charge on any atom is -0.462 e. The third-order valence-electron chi connectivity index (χ3n) is 3.51. The van der Waals surface area contributed by atoms with Crippen LogP contribution in [-0.2, 0) is 9.53 Å². The molecule has 0 aliphatic heterocycles. The number of esters is 1. The van der Waals surface area contributed by atoms with Crippen LogP contribution in [0.3, 0.4) is 0 Å². The fraction of sp³-hybridized carbons (Fsp3) is 0.167. The Hall–Kier alpha value is -3.00. The molecule has 134 valence electrons. The van der Waals surface area contributed by atoms with Gasteiger partial charge in [0, 0.05) is 4.88 Å². The van der Waals surface area contributed by atoms with Crippen LogP contribution in [0.2, 0.25) is 0 Å². The molecule has 0 aliphatic rings. The number of furan rings is 1. The number of nitrogens with one attached hydrogen (secondary N) is 1. The molecule has 1 amide bonds. The fourth-order valence-corrected chi connectivity index (χ4v) is 3.03. The number of aromatic nitrogens is 1. The number of carbonyl (C=O) groups is 2. The Balaban J connectivity index is 1.68. The van der Waals surface area contributed by atoms with Gasteiger partial charge in [-0.1, -0.05) is 12.1 Å². The second kappa shape index (κ2) is 7.49. The molecule has 8 heteroatoms. The number of benzene rings is 1. The van der Waals surface area contributed by atoms with Gasteiger partial charge in [-0.2, -0.15) is 0 Å². The lowest BCUT2D eigenvalue weighted by atomic mass is 10.3. The molecular weight excluding hydrogens is 359 g/mol. The molecule has 0 saturated carbocycles. The molecule has 1 unspecified atom stereocenters. The van der Waals surface area contributed by atoms with Gasteiger partial charge in [0.2, 0.25) is 0 Å². The molecule has 3 rings (SSSR count). The zero-order chi connectivity index (χ0) is 18.7. The van der Waals surface area contributed by atoms with Crippen molar-refractivity contribution in [1.82, 2.24) is 4.98 Å². The third-order valence-corrected chi connectivity index (χ3v) is 4.49. The number of hydrogen-bond donors (Lipinski definition) is 1. The van der Waals surface area contributed by atoms with Crippen LogP contribution in [0.1, 0.15) is 22.3 Å². The van der Waals surface area contributed by atoms with Crippen molar-refractivity contribution in [2.75, 3.05) is 5.32 Å². The SMILES string of the molecule is Cc1sc(-c2ccco2)nc1C(=O)OC(C)C(=O)Nc1ccccc1F. The molecule has 0 spiro atoms. The molecular formula is C18H15FN2O4S. The number of hydrogen-bond acceptors (Lipinski definition) is 6. The smallest absolute Gasteiger partial charge is 0.358 e. The predicted octanol–water partition coefficient (Wildman–Crippen LogP) is 4.03. The maximum Gasteiger partial charge on any atom is 0.358 e. The first-order valence-electron chi connectivity index (χ1n) is 7.73. The Morgan fingerprint density at radius 1 is 1.27 bits per heavy atom. The number of aryl methyl sites for hydroxylation is 1. The van der Waals surface area contributed by atoms with E-state index in [1.54, 1.807) is 25.1 Å². The molecule has 26 heavy (non-hydrogen) atoms. The van der Waals surface area contributed by atoms with Gasteiger partial charge in [0.15, 0.2) is 22.6 Å². The first-order chi connectivity index (χ1) is 12.5. The van der Waals surface area contributed by atoms with Gasteiger partial charge in [-0.25, -0.2) is 14.2 Å². The topological polar surface area (TPSA) is 81.4 Å². The Bertz CT molecular complexity index is 937. The summed E-state index contributed by atoms with van der Waals surface area (Å²) in [5.41, 5.74) is 0.136. The minimum absolute atomic E-state index is 0.0188. The second-order valence-corrected chi connectivity index (χ2v) is 6.62. The van der Waals surface area contributed by atoms with E-state index < -0.39 is 23.8 Å². The van der Waals surface area contributed by atoms with E-state index in [0.717, 1.165) is 0 Å². The number of carbonyl (C=O) groups excluding carboxylic acids is 2. The van der Waals surface area contributed by atoms with Gasteiger partial charge in [0.25, 0.3) is 5.91 Å². The molecule has 0 saturated heterocycles. The van der Waals surface area contributed by atoms with Crippen LogP contribution in [0.15, 0.2) is 47.1 Å². The summed E-state index contributed by atoms with van der Waals surface area (Å²) in [6, 6.07) is 9.19. The number of ether oxygens (including phenoxy) is 1. The van der Waals surface area contributed by atoms with Crippen LogP contribution in [0.25, 0.3) is 10.8 Å². The lowest BCUT2D eigenvalue weighted by Crippen LogP contribution is -2.30. The second-order valence-electron chi connectivity index (χ2n) is 5.42. The van der Waals surface area contributed by atoms with Crippen LogP contribution in [0.4, 0.5) is 10.1 Å². The van der Waals surface area contributed by atoms with E-state index in [4.69, 9.17) is 9.15 Å². The van der Waals surface area contributed by atoms with Crippen molar-refractivity contribution < 1.29 is 23.1 Å². The van der Waals surface area contributed by atoms with E-state index in [1.807, 2.05) is 0 Å². The zero-order valence-corrected chi connectivity index (χ0v) is 14.8. The van der Waals surface area contributed by atoms with E-state index >= 15 is 0 Å². The number of halogens is 1. The normalized spacial score (nSPS) is 11.8. The van der Waals surface area contributed by atoms with Gasteiger partial charge in [-0.05, 0) is 38.1 Å². The van der Waals surface area contributed by atoms with Crippen molar-refractivity contribution in [3.63, 3.8) is 0 Å². The summed E-state index contributed by atoms with van der Waals surface area (Å²) in [7, 11) is 0. The van der Waals surface area contributed by atoms with Crippen LogP contribution >= 0.6 is 11.3 Å². The quantitative estimate of drug-likeness (QED) is 0.682. The predicted molar refractivity (Wildman–Crippen MR) is 94.5 cm³/mol. The van der Waals surface area contributed by atoms with E-state index in [2.05, 4.69) is 10.3 Å². The van der Waals surface area contributed by atoms with E-state index in [9.17, 15) is 14.0 Å². The molecule has 0 bridgehead atoms. The Kier molecular flexibility index (Phi) is 5.13. The number of nitrogens with zero attached hydrogens (tertiary/aromatic N) is 1. The van der Waals surface area contributed by atoms with Crippen molar-refractivity contribution in [3.8, 4) is 10.8 Å². The standard InChI is InChI=1S/C18H15FN2O4S/c1-10(16(22)20-13-7-4-3-6-12(13)19)25-18(23)15-11(2)26-17(21-15)14-8-5-9-24-14/h3-10H,1-2H3,(H,20,22). The molecule has 2 heterocycles. The highest BCUT2D eigenvalue weighted by Gasteiger charge is 2.24. The van der Waals surface area contributed by atoms with Crippen molar-refractivity contribution in [2.24, 2.45) is 0 Å². The van der Waals surface area contributed by atoms with E-state index in [0.29, 0.717) is 15.6 Å². The van der Waals surface area contributed by atoms with Crippen LogP contribution in [-0.4, -0.2) is 23.0 Å². The van der Waals surface area contributed by atoms with E-state index in [1.165, 1.54) is 42.7 Å². The maximum absolute atomic E-state index is 13.6. The molecule has 3 aromatic rings.